The zero-order valence-electron chi connectivity index (χ0n) is 14.7. The second-order valence-electron chi connectivity index (χ2n) is 5.25. The second kappa shape index (κ2) is 9.28. The third kappa shape index (κ3) is 5.10. The highest BCUT2D eigenvalue weighted by Gasteiger charge is 2.17. The SMILES string of the molecule is CCOC(=O)c1ccc(C(=O)OCC)c(Sc2ccc(CC)cc2)c1. The van der Waals surface area contributed by atoms with Gasteiger partial charge in [0.2, 0.25) is 0 Å². The molecule has 0 atom stereocenters. The number of ether oxygens (including phenoxy) is 2. The summed E-state index contributed by atoms with van der Waals surface area (Å²) < 4.78 is 10.2. The van der Waals surface area contributed by atoms with Crippen molar-refractivity contribution in [1.29, 1.82) is 0 Å². The van der Waals surface area contributed by atoms with Gasteiger partial charge in [-0.25, -0.2) is 9.59 Å². The van der Waals surface area contributed by atoms with Crippen LogP contribution in [-0.4, -0.2) is 25.2 Å². The molecule has 0 saturated heterocycles. The van der Waals surface area contributed by atoms with Crippen LogP contribution in [-0.2, 0) is 15.9 Å². The van der Waals surface area contributed by atoms with Crippen molar-refractivity contribution in [3.63, 3.8) is 0 Å². The lowest BCUT2D eigenvalue weighted by Gasteiger charge is -2.11. The van der Waals surface area contributed by atoms with E-state index in [2.05, 4.69) is 19.1 Å². The molecule has 132 valence electrons. The fraction of sp³-hybridized carbons (Fsp3) is 0.300. The van der Waals surface area contributed by atoms with E-state index in [4.69, 9.17) is 9.47 Å². The van der Waals surface area contributed by atoms with Crippen LogP contribution in [0.2, 0.25) is 0 Å². The standard InChI is InChI=1S/C20H22O4S/c1-4-14-7-10-16(11-8-14)25-18-13-15(19(21)23-5-2)9-12-17(18)20(22)24-6-3/h7-13H,4-6H2,1-3H3. The molecule has 4 nitrogen and oxygen atoms in total. The average molecular weight is 358 g/mol. The van der Waals surface area contributed by atoms with Gasteiger partial charge in [0.05, 0.1) is 24.3 Å². The first kappa shape index (κ1) is 19.1. The minimum atomic E-state index is -0.402. The zero-order valence-corrected chi connectivity index (χ0v) is 15.5. The Hall–Kier alpha value is -2.27. The van der Waals surface area contributed by atoms with Gasteiger partial charge >= 0.3 is 11.9 Å². The van der Waals surface area contributed by atoms with E-state index in [0.29, 0.717) is 29.2 Å². The molecule has 2 aromatic rings. The number of carbonyl (C=O) groups is 2. The molecular weight excluding hydrogens is 336 g/mol. The number of hydrogen-bond acceptors (Lipinski definition) is 5. The lowest BCUT2D eigenvalue weighted by molar-refractivity contribution is 0.0508. The van der Waals surface area contributed by atoms with Crippen LogP contribution in [0, 0.1) is 0 Å². The lowest BCUT2D eigenvalue weighted by Crippen LogP contribution is -2.09. The van der Waals surface area contributed by atoms with Crippen LogP contribution in [0.15, 0.2) is 52.3 Å². The van der Waals surface area contributed by atoms with Gasteiger partial charge in [-0.1, -0.05) is 30.8 Å². The van der Waals surface area contributed by atoms with Crippen LogP contribution in [0.4, 0.5) is 0 Å². The molecule has 2 rings (SSSR count). The minimum Gasteiger partial charge on any atom is -0.462 e. The molecule has 0 unspecified atom stereocenters. The van der Waals surface area contributed by atoms with Gasteiger partial charge in [-0.15, -0.1) is 0 Å². The summed E-state index contributed by atoms with van der Waals surface area (Å²) in [5.41, 5.74) is 2.11. The van der Waals surface area contributed by atoms with Crippen LogP contribution in [0.1, 0.15) is 47.1 Å². The highest BCUT2D eigenvalue weighted by molar-refractivity contribution is 7.99. The summed E-state index contributed by atoms with van der Waals surface area (Å²) in [6, 6.07) is 13.0. The third-order valence-electron chi connectivity index (χ3n) is 3.55. The summed E-state index contributed by atoms with van der Waals surface area (Å²) in [7, 11) is 0. The first-order valence-corrected chi connectivity index (χ1v) is 9.15. The van der Waals surface area contributed by atoms with E-state index in [1.54, 1.807) is 32.0 Å². The van der Waals surface area contributed by atoms with Crippen LogP contribution < -0.4 is 0 Å². The van der Waals surface area contributed by atoms with Gasteiger partial charge in [0, 0.05) is 9.79 Å². The summed E-state index contributed by atoms with van der Waals surface area (Å²) in [5.74, 6) is -0.799. The summed E-state index contributed by atoms with van der Waals surface area (Å²) in [6.45, 7) is 6.23. The summed E-state index contributed by atoms with van der Waals surface area (Å²) in [6.07, 6.45) is 0.970. The second-order valence-corrected chi connectivity index (χ2v) is 6.37. The lowest BCUT2D eigenvalue weighted by atomic mass is 10.1. The minimum absolute atomic E-state index is 0.299. The Kier molecular flexibility index (Phi) is 7.07. The predicted octanol–water partition coefficient (Wildman–Crippen LogP) is 4.75. The molecule has 0 aliphatic carbocycles. The monoisotopic (exact) mass is 358 g/mol. The van der Waals surface area contributed by atoms with Gasteiger partial charge in [0.25, 0.3) is 0 Å². The molecule has 0 aliphatic rings. The first-order chi connectivity index (χ1) is 12.1. The van der Waals surface area contributed by atoms with Gasteiger partial charge in [-0.2, -0.15) is 0 Å². The van der Waals surface area contributed by atoms with E-state index >= 15 is 0 Å². The Bertz CT molecular complexity index is 738. The molecule has 25 heavy (non-hydrogen) atoms. The van der Waals surface area contributed by atoms with Gasteiger partial charge < -0.3 is 9.47 Å². The molecule has 2 aromatic carbocycles. The first-order valence-electron chi connectivity index (χ1n) is 8.34. The fourth-order valence-electron chi connectivity index (χ4n) is 2.25. The molecular formula is C20H22O4S. The highest BCUT2D eigenvalue weighted by atomic mass is 32.2. The van der Waals surface area contributed by atoms with Gasteiger partial charge in [0.15, 0.2) is 0 Å². The van der Waals surface area contributed by atoms with E-state index in [0.717, 1.165) is 11.3 Å². The number of hydrogen-bond donors (Lipinski definition) is 0. The normalized spacial score (nSPS) is 10.4. The number of rotatable bonds is 7. The van der Waals surface area contributed by atoms with Crippen molar-refractivity contribution in [2.75, 3.05) is 13.2 Å². The van der Waals surface area contributed by atoms with Gasteiger partial charge in [-0.05, 0) is 56.2 Å². The molecule has 5 heteroatoms. The third-order valence-corrected chi connectivity index (χ3v) is 4.61. The van der Waals surface area contributed by atoms with E-state index < -0.39 is 11.9 Å². The number of carbonyl (C=O) groups excluding carboxylic acids is 2. The molecule has 0 saturated carbocycles. The average Bonchev–Trinajstić information content (AvgIpc) is 2.62. The maximum absolute atomic E-state index is 12.2. The largest absolute Gasteiger partial charge is 0.462 e. The van der Waals surface area contributed by atoms with E-state index in [1.165, 1.54) is 17.3 Å². The maximum atomic E-state index is 12.2. The Labute approximate surface area is 152 Å². The van der Waals surface area contributed by atoms with Crippen molar-refractivity contribution in [2.24, 2.45) is 0 Å². The summed E-state index contributed by atoms with van der Waals surface area (Å²) >= 11 is 1.43. The van der Waals surface area contributed by atoms with Crippen molar-refractivity contribution in [3.05, 3.63) is 59.2 Å². The van der Waals surface area contributed by atoms with E-state index in [1.807, 2.05) is 12.1 Å². The van der Waals surface area contributed by atoms with Gasteiger partial charge in [0.1, 0.15) is 0 Å². The molecule has 0 aliphatic heterocycles. The zero-order chi connectivity index (χ0) is 18.2. The Morgan fingerprint density at radius 3 is 2.12 bits per heavy atom. The van der Waals surface area contributed by atoms with E-state index in [-0.39, 0.29) is 0 Å². The molecule has 0 heterocycles. The molecule has 0 N–H and O–H groups in total. The number of esters is 2. The van der Waals surface area contributed by atoms with Crippen molar-refractivity contribution >= 4 is 23.7 Å². The smallest absolute Gasteiger partial charge is 0.339 e. The summed E-state index contributed by atoms with van der Waals surface area (Å²) in [4.78, 5) is 25.9. The van der Waals surface area contributed by atoms with Gasteiger partial charge in [-0.3, -0.25) is 0 Å². The van der Waals surface area contributed by atoms with Crippen LogP contribution in [0.5, 0.6) is 0 Å². The quantitative estimate of drug-likeness (QED) is 0.668. The van der Waals surface area contributed by atoms with Crippen molar-refractivity contribution in [1.82, 2.24) is 0 Å². The van der Waals surface area contributed by atoms with Crippen LogP contribution in [0.25, 0.3) is 0 Å². The van der Waals surface area contributed by atoms with Crippen LogP contribution in [0.3, 0.4) is 0 Å². The highest BCUT2D eigenvalue weighted by Crippen LogP contribution is 2.32. The number of aryl methyl sites for hydroxylation is 1. The molecule has 0 fully saturated rings. The molecule has 0 radical (unpaired) electrons. The number of benzene rings is 2. The van der Waals surface area contributed by atoms with E-state index in [9.17, 15) is 9.59 Å². The summed E-state index contributed by atoms with van der Waals surface area (Å²) in [5, 5.41) is 0. The maximum Gasteiger partial charge on any atom is 0.339 e. The predicted molar refractivity (Wildman–Crippen MR) is 98.3 cm³/mol. The van der Waals surface area contributed by atoms with Crippen molar-refractivity contribution < 1.29 is 19.1 Å². The van der Waals surface area contributed by atoms with Crippen LogP contribution >= 0.6 is 11.8 Å². The fourth-order valence-corrected chi connectivity index (χ4v) is 3.22. The molecule has 0 bridgehead atoms. The molecule has 0 amide bonds. The Morgan fingerprint density at radius 2 is 1.52 bits per heavy atom. The molecule has 0 spiro atoms. The Morgan fingerprint density at radius 1 is 0.880 bits per heavy atom. The van der Waals surface area contributed by atoms with Crippen molar-refractivity contribution in [2.45, 2.75) is 37.0 Å². The topological polar surface area (TPSA) is 52.6 Å². The Balaban J connectivity index is 2.36. The molecule has 0 aromatic heterocycles. The van der Waals surface area contributed by atoms with Crippen molar-refractivity contribution in [3.8, 4) is 0 Å².